The predicted molar refractivity (Wildman–Crippen MR) is 66.4 cm³/mol. The Labute approximate surface area is 102 Å². The lowest BCUT2D eigenvalue weighted by Gasteiger charge is -2.22. The van der Waals surface area contributed by atoms with E-state index in [0.29, 0.717) is 12.3 Å². The van der Waals surface area contributed by atoms with Crippen LogP contribution in [0.25, 0.3) is 10.4 Å². The number of nitrogens with one attached hydrogen (secondary N) is 1. The van der Waals surface area contributed by atoms with Crippen LogP contribution in [-0.4, -0.2) is 17.9 Å². The SMILES string of the molecule is CCC(C)C[C@H](N=[N+]=[N-])NC(=O)OC(C)(C)C. The summed E-state index contributed by atoms with van der Waals surface area (Å²) in [6.45, 7) is 9.43. The Morgan fingerprint density at radius 2 is 2.12 bits per heavy atom. The van der Waals surface area contributed by atoms with E-state index >= 15 is 0 Å². The minimum atomic E-state index is -0.557. The van der Waals surface area contributed by atoms with Crippen LogP contribution in [0.1, 0.15) is 47.5 Å². The van der Waals surface area contributed by atoms with Crippen LogP contribution < -0.4 is 5.32 Å². The number of hydrogen-bond acceptors (Lipinski definition) is 3. The number of amides is 1. The summed E-state index contributed by atoms with van der Waals surface area (Å²) in [5.74, 6) is 0.375. The van der Waals surface area contributed by atoms with Crippen molar-refractivity contribution in [3.63, 3.8) is 0 Å². The van der Waals surface area contributed by atoms with Crippen molar-refractivity contribution < 1.29 is 9.53 Å². The lowest BCUT2D eigenvalue weighted by molar-refractivity contribution is 0.0499. The molecule has 0 spiro atoms. The monoisotopic (exact) mass is 242 g/mol. The molecule has 17 heavy (non-hydrogen) atoms. The highest BCUT2D eigenvalue weighted by atomic mass is 16.6. The molecule has 0 bridgehead atoms. The molecule has 0 aromatic carbocycles. The van der Waals surface area contributed by atoms with E-state index in [4.69, 9.17) is 10.3 Å². The van der Waals surface area contributed by atoms with Gasteiger partial charge in [-0.05, 0) is 38.6 Å². The molecule has 0 rings (SSSR count). The number of alkyl carbamates (subject to hydrolysis) is 1. The summed E-state index contributed by atoms with van der Waals surface area (Å²) in [6, 6.07) is 0. The number of hydrogen-bond donors (Lipinski definition) is 1. The standard InChI is InChI=1S/C11H22N4O2/c1-6-8(2)7-9(14-15-12)13-10(16)17-11(3,4)5/h8-9H,6-7H2,1-5H3,(H,13,16)/t8?,9-/m0/s1. The Morgan fingerprint density at radius 3 is 2.53 bits per heavy atom. The zero-order valence-electron chi connectivity index (χ0n) is 11.2. The molecule has 98 valence electrons. The van der Waals surface area contributed by atoms with Gasteiger partial charge in [-0.25, -0.2) is 4.79 Å². The Balaban J connectivity index is 4.35. The molecule has 0 heterocycles. The second-order valence-corrected chi connectivity index (χ2v) is 5.12. The van der Waals surface area contributed by atoms with Gasteiger partial charge in [-0.3, -0.25) is 0 Å². The minimum absolute atomic E-state index is 0.375. The first-order valence-electron chi connectivity index (χ1n) is 5.82. The largest absolute Gasteiger partial charge is 0.444 e. The molecule has 0 aliphatic carbocycles. The fourth-order valence-corrected chi connectivity index (χ4v) is 1.19. The fourth-order valence-electron chi connectivity index (χ4n) is 1.19. The van der Waals surface area contributed by atoms with E-state index in [9.17, 15) is 4.79 Å². The van der Waals surface area contributed by atoms with Gasteiger partial charge in [0.2, 0.25) is 0 Å². The van der Waals surface area contributed by atoms with Crippen molar-refractivity contribution in [3.8, 4) is 0 Å². The van der Waals surface area contributed by atoms with Crippen LogP contribution in [0.15, 0.2) is 5.11 Å². The van der Waals surface area contributed by atoms with Gasteiger partial charge in [0.05, 0.1) is 0 Å². The first-order chi connectivity index (χ1) is 7.78. The summed E-state index contributed by atoms with van der Waals surface area (Å²) < 4.78 is 5.10. The lowest BCUT2D eigenvalue weighted by atomic mass is 10.0. The Bertz CT molecular complexity index is 292. The van der Waals surface area contributed by atoms with Crippen LogP contribution in [0.5, 0.6) is 0 Å². The fraction of sp³-hybridized carbons (Fsp3) is 0.909. The van der Waals surface area contributed by atoms with Gasteiger partial charge in [0.15, 0.2) is 0 Å². The predicted octanol–water partition coefficient (Wildman–Crippen LogP) is 3.58. The summed E-state index contributed by atoms with van der Waals surface area (Å²) in [6.07, 6.45) is 0.468. The molecule has 1 unspecified atom stereocenters. The van der Waals surface area contributed by atoms with Crippen LogP contribution in [0.4, 0.5) is 4.79 Å². The molecule has 0 fully saturated rings. The zero-order valence-corrected chi connectivity index (χ0v) is 11.2. The van der Waals surface area contributed by atoms with Gasteiger partial charge >= 0.3 is 6.09 Å². The Kier molecular flexibility index (Phi) is 6.43. The van der Waals surface area contributed by atoms with Crippen LogP contribution in [0, 0.1) is 5.92 Å². The van der Waals surface area contributed by atoms with E-state index in [1.54, 1.807) is 20.8 Å². The van der Waals surface area contributed by atoms with Gasteiger partial charge in [0.1, 0.15) is 11.8 Å². The van der Waals surface area contributed by atoms with Crippen molar-refractivity contribution in [1.29, 1.82) is 0 Å². The molecule has 1 N–H and O–H groups in total. The molecule has 0 saturated heterocycles. The van der Waals surface area contributed by atoms with Gasteiger partial charge in [-0.2, -0.15) is 0 Å². The van der Waals surface area contributed by atoms with Crippen molar-refractivity contribution in [1.82, 2.24) is 5.32 Å². The maximum Gasteiger partial charge on any atom is 0.408 e. The van der Waals surface area contributed by atoms with Crippen molar-refractivity contribution in [2.24, 2.45) is 11.0 Å². The van der Waals surface area contributed by atoms with E-state index in [2.05, 4.69) is 15.3 Å². The van der Waals surface area contributed by atoms with Crippen LogP contribution >= 0.6 is 0 Å². The van der Waals surface area contributed by atoms with E-state index in [0.717, 1.165) is 6.42 Å². The summed E-state index contributed by atoms with van der Waals surface area (Å²) >= 11 is 0. The van der Waals surface area contributed by atoms with E-state index in [1.807, 2.05) is 13.8 Å². The topological polar surface area (TPSA) is 87.1 Å². The molecule has 6 heteroatoms. The van der Waals surface area contributed by atoms with Gasteiger partial charge < -0.3 is 10.1 Å². The molecule has 2 atom stereocenters. The van der Waals surface area contributed by atoms with Gasteiger partial charge in [-0.15, -0.1) is 0 Å². The Morgan fingerprint density at radius 1 is 1.53 bits per heavy atom. The second-order valence-electron chi connectivity index (χ2n) is 5.12. The van der Waals surface area contributed by atoms with E-state index < -0.39 is 17.9 Å². The third kappa shape index (κ3) is 8.39. The van der Waals surface area contributed by atoms with E-state index in [-0.39, 0.29) is 0 Å². The molecule has 0 aromatic rings. The van der Waals surface area contributed by atoms with E-state index in [1.165, 1.54) is 0 Å². The summed E-state index contributed by atoms with van der Waals surface area (Å²) in [7, 11) is 0. The summed E-state index contributed by atoms with van der Waals surface area (Å²) in [4.78, 5) is 14.2. The molecular formula is C11H22N4O2. The van der Waals surface area contributed by atoms with Gasteiger partial charge in [0, 0.05) is 4.91 Å². The summed E-state index contributed by atoms with van der Waals surface area (Å²) in [5, 5.41) is 6.11. The normalized spacial score (nSPS) is 14.4. The molecule has 0 aliphatic heterocycles. The van der Waals surface area contributed by atoms with Crippen LogP contribution in [0.3, 0.4) is 0 Å². The molecular weight excluding hydrogens is 220 g/mol. The zero-order chi connectivity index (χ0) is 13.5. The molecule has 0 saturated carbocycles. The van der Waals surface area contributed by atoms with Crippen molar-refractivity contribution in [2.45, 2.75) is 59.2 Å². The highest BCUT2D eigenvalue weighted by molar-refractivity contribution is 5.68. The lowest BCUT2D eigenvalue weighted by Crippen LogP contribution is -2.38. The van der Waals surface area contributed by atoms with Gasteiger partial charge in [0.25, 0.3) is 0 Å². The third-order valence-corrected chi connectivity index (χ3v) is 2.20. The quantitative estimate of drug-likeness (QED) is 0.453. The summed E-state index contributed by atoms with van der Waals surface area (Å²) in [5.41, 5.74) is 7.88. The molecule has 0 aliphatic rings. The first kappa shape index (κ1) is 15.6. The number of carbonyl (C=O) groups is 1. The van der Waals surface area contributed by atoms with Crippen molar-refractivity contribution in [3.05, 3.63) is 10.4 Å². The van der Waals surface area contributed by atoms with Gasteiger partial charge in [-0.1, -0.05) is 25.4 Å². The number of azide groups is 1. The number of ether oxygens (including phenoxy) is 1. The highest BCUT2D eigenvalue weighted by Gasteiger charge is 2.19. The number of carbonyl (C=O) groups excluding carboxylic acids is 1. The Hall–Kier alpha value is -1.42. The average Bonchev–Trinajstić information content (AvgIpc) is 2.14. The molecule has 6 nitrogen and oxygen atoms in total. The van der Waals surface area contributed by atoms with Crippen molar-refractivity contribution >= 4 is 6.09 Å². The molecule has 1 amide bonds. The molecule has 0 aromatic heterocycles. The van der Waals surface area contributed by atoms with Crippen molar-refractivity contribution in [2.75, 3.05) is 0 Å². The first-order valence-corrected chi connectivity index (χ1v) is 5.82. The average molecular weight is 242 g/mol. The minimum Gasteiger partial charge on any atom is -0.444 e. The number of rotatable bonds is 5. The van der Waals surface area contributed by atoms with Crippen LogP contribution in [0.2, 0.25) is 0 Å². The maximum atomic E-state index is 11.5. The number of nitrogens with zero attached hydrogens (tertiary/aromatic N) is 3. The molecule has 0 radical (unpaired) electrons. The second kappa shape index (κ2) is 7.01. The highest BCUT2D eigenvalue weighted by Crippen LogP contribution is 2.12. The smallest absolute Gasteiger partial charge is 0.408 e. The third-order valence-electron chi connectivity index (χ3n) is 2.20. The van der Waals surface area contributed by atoms with Crippen LogP contribution in [-0.2, 0) is 4.74 Å². The maximum absolute atomic E-state index is 11.5.